The van der Waals surface area contributed by atoms with Crippen LogP contribution in [0, 0.1) is 6.92 Å². The van der Waals surface area contributed by atoms with Gasteiger partial charge >= 0.3 is 0 Å². The summed E-state index contributed by atoms with van der Waals surface area (Å²) < 4.78 is 5.24. The van der Waals surface area contributed by atoms with Gasteiger partial charge in [-0.3, -0.25) is 14.5 Å². The second-order valence-corrected chi connectivity index (χ2v) is 9.41. The van der Waals surface area contributed by atoms with Gasteiger partial charge in [0.15, 0.2) is 0 Å². The van der Waals surface area contributed by atoms with E-state index in [0.717, 1.165) is 56.2 Å². The number of benzene rings is 2. The fourth-order valence-electron chi connectivity index (χ4n) is 4.58. The van der Waals surface area contributed by atoms with Crippen molar-refractivity contribution in [2.75, 3.05) is 57.8 Å². The van der Waals surface area contributed by atoms with E-state index in [4.69, 9.17) is 4.74 Å². The van der Waals surface area contributed by atoms with Crippen molar-refractivity contribution in [1.29, 1.82) is 0 Å². The summed E-state index contributed by atoms with van der Waals surface area (Å²) in [5, 5.41) is 8.99. The molecule has 1 fully saturated rings. The molecule has 2 aromatic carbocycles. The molecule has 0 radical (unpaired) electrons. The third kappa shape index (κ3) is 7.07. The number of anilines is 1. The molecular formula is C28H37N5O3. The lowest BCUT2D eigenvalue weighted by molar-refractivity contribution is -0.132. The van der Waals surface area contributed by atoms with E-state index < -0.39 is 0 Å². The average molecular weight is 492 g/mol. The number of nitrogens with one attached hydrogen (secondary N) is 1. The maximum absolute atomic E-state index is 12.4. The van der Waals surface area contributed by atoms with Crippen LogP contribution in [-0.2, 0) is 9.59 Å². The van der Waals surface area contributed by atoms with E-state index in [1.807, 2.05) is 43.3 Å². The Kier molecular flexibility index (Phi) is 8.95. The summed E-state index contributed by atoms with van der Waals surface area (Å²) in [6.07, 6.45) is 2.24. The zero-order chi connectivity index (χ0) is 25.3. The Bertz CT molecular complexity index is 1040. The summed E-state index contributed by atoms with van der Waals surface area (Å²) in [6, 6.07) is 16.4. The molecule has 2 aromatic rings. The summed E-state index contributed by atoms with van der Waals surface area (Å²) in [4.78, 5) is 29.5. The molecule has 0 aliphatic carbocycles. The van der Waals surface area contributed by atoms with Gasteiger partial charge in [0, 0.05) is 57.7 Å². The van der Waals surface area contributed by atoms with Crippen LogP contribution in [0.4, 0.5) is 5.69 Å². The Morgan fingerprint density at radius 1 is 0.972 bits per heavy atom. The molecule has 0 aromatic heterocycles. The molecule has 8 nitrogen and oxygen atoms in total. The minimum absolute atomic E-state index is 0.0209. The van der Waals surface area contributed by atoms with Gasteiger partial charge in [0.1, 0.15) is 5.75 Å². The third-order valence-corrected chi connectivity index (χ3v) is 6.82. The minimum atomic E-state index is -0.0372. The molecule has 0 unspecified atom stereocenters. The zero-order valence-electron chi connectivity index (χ0n) is 21.4. The second kappa shape index (κ2) is 12.5. The summed E-state index contributed by atoms with van der Waals surface area (Å²) in [6.45, 7) is 7.98. The number of ether oxygens (including phenoxy) is 1. The maximum atomic E-state index is 12.4. The lowest BCUT2D eigenvalue weighted by Crippen LogP contribution is -2.47. The number of aryl methyl sites for hydroxylation is 1. The van der Waals surface area contributed by atoms with Crippen LogP contribution in [0.15, 0.2) is 53.6 Å². The predicted octanol–water partition coefficient (Wildman–Crippen LogP) is 3.05. The minimum Gasteiger partial charge on any atom is -0.497 e. The smallest absolute Gasteiger partial charge is 0.243 e. The monoisotopic (exact) mass is 491 g/mol. The summed E-state index contributed by atoms with van der Waals surface area (Å²) >= 11 is 0. The summed E-state index contributed by atoms with van der Waals surface area (Å²) in [7, 11) is 1.68. The molecule has 0 bridgehead atoms. The van der Waals surface area contributed by atoms with Crippen molar-refractivity contribution in [3.63, 3.8) is 0 Å². The molecule has 2 aliphatic rings. The largest absolute Gasteiger partial charge is 0.497 e. The second-order valence-electron chi connectivity index (χ2n) is 9.41. The SMILES string of the molecule is COc1ccc(N2CCN(CCCNC(=O)CCN3N=C(c4ccc(C)cc4)CCC3=O)CC2)cc1. The van der Waals surface area contributed by atoms with Gasteiger partial charge in [-0.05, 0) is 49.7 Å². The number of piperazine rings is 1. The Hall–Kier alpha value is -3.39. The van der Waals surface area contributed by atoms with Gasteiger partial charge in [-0.15, -0.1) is 0 Å². The van der Waals surface area contributed by atoms with E-state index >= 15 is 0 Å². The lowest BCUT2D eigenvalue weighted by atomic mass is 10.0. The van der Waals surface area contributed by atoms with Crippen LogP contribution in [0.1, 0.15) is 36.8 Å². The number of methoxy groups -OCH3 is 1. The van der Waals surface area contributed by atoms with E-state index in [2.05, 4.69) is 32.4 Å². The van der Waals surface area contributed by atoms with E-state index in [1.165, 1.54) is 16.3 Å². The molecule has 0 saturated carbocycles. The summed E-state index contributed by atoms with van der Waals surface area (Å²) in [5.41, 5.74) is 4.36. The molecule has 36 heavy (non-hydrogen) atoms. The highest BCUT2D eigenvalue weighted by molar-refractivity contribution is 6.04. The Balaban J connectivity index is 1.12. The van der Waals surface area contributed by atoms with Gasteiger partial charge in [-0.2, -0.15) is 5.10 Å². The predicted molar refractivity (Wildman–Crippen MR) is 143 cm³/mol. The van der Waals surface area contributed by atoms with Crippen LogP contribution in [0.3, 0.4) is 0 Å². The molecule has 1 saturated heterocycles. The van der Waals surface area contributed by atoms with Gasteiger partial charge in [-0.1, -0.05) is 29.8 Å². The van der Waals surface area contributed by atoms with Crippen LogP contribution < -0.4 is 15.0 Å². The normalized spacial score (nSPS) is 16.6. The van der Waals surface area contributed by atoms with Crippen LogP contribution in [0.5, 0.6) is 5.75 Å². The molecule has 2 amide bonds. The number of rotatable bonds is 10. The highest BCUT2D eigenvalue weighted by atomic mass is 16.5. The molecule has 4 rings (SSSR count). The standard InChI is InChI=1S/C28H37N5O3/c1-22-4-6-23(7-5-22)26-12-13-28(35)33(30-26)17-14-27(34)29-15-3-16-31-18-20-32(21-19-31)24-8-10-25(36-2)11-9-24/h4-11H,3,12-21H2,1-2H3,(H,29,34). The van der Waals surface area contributed by atoms with Crippen molar-refractivity contribution >= 4 is 23.2 Å². The first-order valence-corrected chi connectivity index (χ1v) is 12.8. The van der Waals surface area contributed by atoms with Crippen LogP contribution >= 0.6 is 0 Å². The van der Waals surface area contributed by atoms with Gasteiger partial charge in [0.2, 0.25) is 11.8 Å². The molecule has 0 spiro atoms. The number of hydrogen-bond donors (Lipinski definition) is 1. The number of carbonyl (C=O) groups is 2. The summed E-state index contributed by atoms with van der Waals surface area (Å²) in [5.74, 6) is 0.818. The lowest BCUT2D eigenvalue weighted by Gasteiger charge is -2.36. The number of hydrogen-bond acceptors (Lipinski definition) is 6. The van der Waals surface area contributed by atoms with Crippen molar-refractivity contribution in [2.45, 2.75) is 32.6 Å². The number of amides is 2. The number of hydrazone groups is 1. The Labute approximate surface area is 213 Å². The topological polar surface area (TPSA) is 77.5 Å². The van der Waals surface area contributed by atoms with E-state index in [0.29, 0.717) is 25.9 Å². The van der Waals surface area contributed by atoms with Gasteiger partial charge in [0.05, 0.1) is 19.4 Å². The van der Waals surface area contributed by atoms with Crippen molar-refractivity contribution in [3.8, 4) is 5.75 Å². The van der Waals surface area contributed by atoms with Gasteiger partial charge in [-0.25, -0.2) is 5.01 Å². The van der Waals surface area contributed by atoms with Gasteiger partial charge in [0.25, 0.3) is 0 Å². The molecular weight excluding hydrogens is 454 g/mol. The van der Waals surface area contributed by atoms with Crippen LogP contribution in [0.25, 0.3) is 0 Å². The first kappa shape index (κ1) is 25.7. The van der Waals surface area contributed by atoms with E-state index in [1.54, 1.807) is 7.11 Å². The van der Waals surface area contributed by atoms with Gasteiger partial charge < -0.3 is 15.0 Å². The first-order chi connectivity index (χ1) is 17.5. The fraction of sp³-hybridized carbons (Fsp3) is 0.464. The first-order valence-electron chi connectivity index (χ1n) is 12.8. The van der Waals surface area contributed by atoms with Crippen molar-refractivity contribution in [1.82, 2.24) is 15.2 Å². The number of carbonyl (C=O) groups excluding carboxylic acids is 2. The highest BCUT2D eigenvalue weighted by Crippen LogP contribution is 2.20. The average Bonchev–Trinajstić information content (AvgIpc) is 2.91. The molecule has 8 heteroatoms. The third-order valence-electron chi connectivity index (χ3n) is 6.82. The Morgan fingerprint density at radius 2 is 1.69 bits per heavy atom. The van der Waals surface area contributed by atoms with Crippen LogP contribution in [-0.4, -0.2) is 80.4 Å². The molecule has 0 atom stereocenters. The molecule has 192 valence electrons. The molecule has 2 heterocycles. The molecule has 1 N–H and O–H groups in total. The fourth-order valence-corrected chi connectivity index (χ4v) is 4.58. The number of nitrogens with zero attached hydrogens (tertiary/aromatic N) is 4. The van der Waals surface area contributed by atoms with E-state index in [-0.39, 0.29) is 18.2 Å². The van der Waals surface area contributed by atoms with Crippen LogP contribution in [0.2, 0.25) is 0 Å². The highest BCUT2D eigenvalue weighted by Gasteiger charge is 2.22. The van der Waals surface area contributed by atoms with Crippen molar-refractivity contribution < 1.29 is 14.3 Å². The zero-order valence-corrected chi connectivity index (χ0v) is 21.4. The Morgan fingerprint density at radius 3 is 2.39 bits per heavy atom. The van der Waals surface area contributed by atoms with E-state index in [9.17, 15) is 9.59 Å². The maximum Gasteiger partial charge on any atom is 0.243 e. The molecule has 2 aliphatic heterocycles. The quantitative estimate of drug-likeness (QED) is 0.517. The van der Waals surface area contributed by atoms with Crippen molar-refractivity contribution in [2.24, 2.45) is 5.10 Å². The van der Waals surface area contributed by atoms with Crippen molar-refractivity contribution in [3.05, 3.63) is 59.7 Å².